The number of halogens is 3. The summed E-state index contributed by atoms with van der Waals surface area (Å²) in [5.41, 5.74) is -1.22. The fourth-order valence-electron chi connectivity index (χ4n) is 3.55. The normalized spacial score (nSPS) is 23.1. The number of urea groups is 1. The van der Waals surface area contributed by atoms with Gasteiger partial charge in [0.05, 0.1) is 12.1 Å². The first-order chi connectivity index (χ1) is 13.2. The second-order valence-electron chi connectivity index (χ2n) is 7.38. The van der Waals surface area contributed by atoms with Crippen LogP contribution in [0.15, 0.2) is 24.3 Å². The first-order valence-corrected chi connectivity index (χ1v) is 9.23. The van der Waals surface area contributed by atoms with Gasteiger partial charge in [0, 0.05) is 5.92 Å². The van der Waals surface area contributed by atoms with Crippen molar-refractivity contribution in [2.45, 2.75) is 44.3 Å². The fourth-order valence-corrected chi connectivity index (χ4v) is 3.55. The second kappa shape index (κ2) is 7.44. The molecule has 1 heterocycles. The number of nitrogens with one attached hydrogen (secondary N) is 3. The summed E-state index contributed by atoms with van der Waals surface area (Å²) in [6.07, 6.45) is -2.03. The maximum Gasteiger partial charge on any atom is 0.416 e. The molecule has 4 amide bonds. The van der Waals surface area contributed by atoms with E-state index < -0.39 is 35.1 Å². The lowest BCUT2D eigenvalue weighted by molar-refractivity contribution is -0.137. The predicted octanol–water partition coefficient (Wildman–Crippen LogP) is 2.38. The Morgan fingerprint density at radius 1 is 1.25 bits per heavy atom. The van der Waals surface area contributed by atoms with Gasteiger partial charge in [-0.25, -0.2) is 4.79 Å². The molecular weight excluding hydrogens is 375 g/mol. The van der Waals surface area contributed by atoms with Gasteiger partial charge in [0.1, 0.15) is 5.54 Å². The van der Waals surface area contributed by atoms with Crippen LogP contribution in [-0.2, 0) is 22.2 Å². The number of hydrogen-bond donors (Lipinski definition) is 3. The third kappa shape index (κ3) is 4.13. The van der Waals surface area contributed by atoms with Crippen molar-refractivity contribution >= 4 is 17.8 Å². The molecule has 2 aliphatic rings. The molecule has 3 N–H and O–H groups in total. The van der Waals surface area contributed by atoms with Gasteiger partial charge in [0.15, 0.2) is 0 Å². The zero-order chi connectivity index (χ0) is 20.5. The molecule has 1 aromatic rings. The van der Waals surface area contributed by atoms with Gasteiger partial charge < -0.3 is 10.6 Å². The molecule has 152 valence electrons. The number of carbonyl (C=O) groups is 3. The zero-order valence-corrected chi connectivity index (χ0v) is 15.4. The summed E-state index contributed by atoms with van der Waals surface area (Å²) in [4.78, 5) is 36.3. The molecule has 0 radical (unpaired) electrons. The number of carbonyl (C=O) groups excluding carboxylic acids is 3. The average molecular weight is 397 g/mol. The van der Waals surface area contributed by atoms with E-state index in [4.69, 9.17) is 0 Å². The molecule has 1 aliphatic heterocycles. The fraction of sp³-hybridized carbons (Fsp3) is 0.526. The highest BCUT2D eigenvalue weighted by Gasteiger charge is 2.56. The maximum atomic E-state index is 12.7. The van der Waals surface area contributed by atoms with Crippen LogP contribution >= 0.6 is 0 Å². The topological polar surface area (TPSA) is 87.3 Å². The third-order valence-electron chi connectivity index (χ3n) is 5.41. The molecule has 0 spiro atoms. The summed E-state index contributed by atoms with van der Waals surface area (Å²) in [7, 11) is 0. The molecule has 1 aliphatic carbocycles. The molecule has 3 rings (SSSR count). The molecule has 1 unspecified atom stereocenters. The number of hydrogen-bond acceptors (Lipinski definition) is 3. The zero-order valence-electron chi connectivity index (χ0n) is 15.4. The molecule has 1 saturated carbocycles. The van der Waals surface area contributed by atoms with E-state index in [1.807, 2.05) is 6.92 Å². The molecule has 1 aromatic carbocycles. The van der Waals surface area contributed by atoms with Crippen molar-refractivity contribution in [3.63, 3.8) is 0 Å². The second-order valence-corrected chi connectivity index (χ2v) is 7.38. The quantitative estimate of drug-likeness (QED) is 0.618. The first kappa shape index (κ1) is 20.2. The highest BCUT2D eigenvalue weighted by Crippen LogP contribution is 2.41. The number of imide groups is 1. The maximum absolute atomic E-state index is 12.7. The van der Waals surface area contributed by atoms with Crippen molar-refractivity contribution in [1.29, 1.82) is 0 Å². The van der Waals surface area contributed by atoms with Crippen molar-refractivity contribution in [2.24, 2.45) is 11.8 Å². The van der Waals surface area contributed by atoms with Gasteiger partial charge in [-0.2, -0.15) is 13.2 Å². The van der Waals surface area contributed by atoms with Crippen molar-refractivity contribution < 1.29 is 27.6 Å². The monoisotopic (exact) mass is 397 g/mol. The van der Waals surface area contributed by atoms with Gasteiger partial charge in [0.2, 0.25) is 5.91 Å². The summed E-state index contributed by atoms with van der Waals surface area (Å²) >= 11 is 0. The minimum absolute atomic E-state index is 0.00240. The van der Waals surface area contributed by atoms with Gasteiger partial charge in [-0.1, -0.05) is 19.1 Å². The van der Waals surface area contributed by atoms with Gasteiger partial charge in [-0.05, 0) is 49.3 Å². The lowest BCUT2D eigenvalue weighted by atomic mass is 9.91. The minimum Gasteiger partial charge on any atom is -0.353 e. The Bertz CT molecular complexity index is 775. The lowest BCUT2D eigenvalue weighted by Crippen LogP contribution is -2.57. The Hall–Kier alpha value is -2.58. The number of benzene rings is 1. The number of amides is 4. The van der Waals surface area contributed by atoms with Crippen LogP contribution in [0.5, 0.6) is 0 Å². The summed E-state index contributed by atoms with van der Waals surface area (Å²) in [5, 5.41) is 7.61. The van der Waals surface area contributed by atoms with Crippen LogP contribution in [-0.4, -0.2) is 29.9 Å². The Balaban J connectivity index is 1.62. The Kier molecular flexibility index (Phi) is 5.36. The van der Waals surface area contributed by atoms with E-state index in [1.54, 1.807) is 0 Å². The van der Waals surface area contributed by atoms with Crippen LogP contribution in [0.2, 0.25) is 0 Å². The van der Waals surface area contributed by atoms with Crippen molar-refractivity contribution in [3.8, 4) is 0 Å². The molecule has 28 heavy (non-hydrogen) atoms. The van der Waals surface area contributed by atoms with Crippen LogP contribution in [0.1, 0.15) is 37.3 Å². The smallest absolute Gasteiger partial charge is 0.353 e. The molecule has 2 fully saturated rings. The summed E-state index contributed by atoms with van der Waals surface area (Å²) < 4.78 is 38.0. The van der Waals surface area contributed by atoms with Crippen LogP contribution < -0.4 is 16.0 Å². The summed E-state index contributed by atoms with van der Waals surface area (Å²) in [6.45, 7) is 1.81. The molecule has 6 nitrogen and oxygen atoms in total. The average Bonchev–Trinajstić information content (AvgIpc) is 3.43. The van der Waals surface area contributed by atoms with Crippen LogP contribution in [0, 0.1) is 11.8 Å². The number of alkyl halides is 3. The van der Waals surface area contributed by atoms with Crippen molar-refractivity contribution in [1.82, 2.24) is 16.0 Å². The van der Waals surface area contributed by atoms with Gasteiger partial charge in [-0.15, -0.1) is 0 Å². The van der Waals surface area contributed by atoms with Crippen LogP contribution in [0.3, 0.4) is 0 Å². The molecule has 0 bridgehead atoms. The highest BCUT2D eigenvalue weighted by molar-refractivity contribution is 6.07. The molecule has 9 heteroatoms. The van der Waals surface area contributed by atoms with Crippen molar-refractivity contribution in [3.05, 3.63) is 35.4 Å². The largest absolute Gasteiger partial charge is 0.416 e. The Labute approximate surface area is 160 Å². The van der Waals surface area contributed by atoms with E-state index in [-0.39, 0.29) is 24.8 Å². The highest BCUT2D eigenvalue weighted by atomic mass is 19.4. The SMILES string of the molecule is CCC(Cc1ccc(C(F)(F)F)cc1)C(=O)NC[C@@]1(C2CC2)NC(=O)NC1=O. The van der Waals surface area contributed by atoms with Gasteiger partial charge in [0.25, 0.3) is 5.91 Å². The Morgan fingerprint density at radius 2 is 1.89 bits per heavy atom. The summed E-state index contributed by atoms with van der Waals surface area (Å²) in [6, 6.07) is 4.17. The van der Waals surface area contributed by atoms with E-state index in [1.165, 1.54) is 12.1 Å². The van der Waals surface area contributed by atoms with Crippen LogP contribution in [0.4, 0.5) is 18.0 Å². The van der Waals surface area contributed by atoms with E-state index in [2.05, 4.69) is 16.0 Å². The molecular formula is C19H22F3N3O3. The standard InChI is InChI=1S/C19H22F3N3O3/c1-2-12(9-11-3-5-14(6-4-11)19(20,21)22)15(26)23-10-18(13-7-8-13)16(27)24-17(28)25-18/h3-6,12-13H,2,7-10H2,1H3,(H,23,26)(H2,24,25,27,28)/t12?,18-/m0/s1. The molecule has 2 atom stereocenters. The molecule has 0 aromatic heterocycles. The first-order valence-electron chi connectivity index (χ1n) is 9.23. The molecule has 1 saturated heterocycles. The van der Waals surface area contributed by atoms with Crippen LogP contribution in [0.25, 0.3) is 0 Å². The van der Waals surface area contributed by atoms with E-state index in [0.717, 1.165) is 25.0 Å². The van der Waals surface area contributed by atoms with E-state index >= 15 is 0 Å². The van der Waals surface area contributed by atoms with E-state index in [9.17, 15) is 27.6 Å². The predicted molar refractivity (Wildman–Crippen MR) is 94.1 cm³/mol. The van der Waals surface area contributed by atoms with Crippen molar-refractivity contribution in [2.75, 3.05) is 6.54 Å². The summed E-state index contributed by atoms with van der Waals surface area (Å²) in [5.74, 6) is -1.19. The Morgan fingerprint density at radius 3 is 2.36 bits per heavy atom. The van der Waals surface area contributed by atoms with Gasteiger partial charge >= 0.3 is 12.2 Å². The van der Waals surface area contributed by atoms with E-state index in [0.29, 0.717) is 12.0 Å². The number of rotatable bonds is 7. The lowest BCUT2D eigenvalue weighted by Gasteiger charge is -2.27. The minimum atomic E-state index is -4.40. The third-order valence-corrected chi connectivity index (χ3v) is 5.41. The van der Waals surface area contributed by atoms with Gasteiger partial charge in [-0.3, -0.25) is 14.9 Å².